The van der Waals surface area contributed by atoms with Crippen LogP contribution in [0.4, 0.5) is 0 Å². The summed E-state index contributed by atoms with van der Waals surface area (Å²) in [5.74, 6) is 5.62. The van der Waals surface area contributed by atoms with Crippen molar-refractivity contribution in [2.45, 2.75) is 6.92 Å². The van der Waals surface area contributed by atoms with Crippen LogP contribution in [0.15, 0.2) is 4.99 Å². The topological polar surface area (TPSA) is 24.4 Å². The van der Waals surface area contributed by atoms with Crippen LogP contribution >= 0.6 is 0 Å². The fourth-order valence-electron chi connectivity index (χ4n) is 0.399. The number of terminal acetylenes is 2. The molecule has 10 heavy (non-hydrogen) atoms. The van der Waals surface area contributed by atoms with Gasteiger partial charge < -0.3 is 5.32 Å². The quantitative estimate of drug-likeness (QED) is 0.327. The van der Waals surface area contributed by atoms with Gasteiger partial charge in [-0.25, -0.2) is 0 Å². The summed E-state index contributed by atoms with van der Waals surface area (Å²) in [7, 11) is 0. The predicted octanol–water partition coefficient (Wildman–Crippen LogP) is 0.261. The lowest BCUT2D eigenvalue weighted by Gasteiger charge is -1.97. The van der Waals surface area contributed by atoms with Crippen LogP contribution in [0.1, 0.15) is 6.92 Å². The van der Waals surface area contributed by atoms with Gasteiger partial charge in [0.25, 0.3) is 0 Å². The van der Waals surface area contributed by atoms with Gasteiger partial charge in [0.1, 0.15) is 6.54 Å². The van der Waals surface area contributed by atoms with E-state index in [0.717, 1.165) is 5.84 Å². The van der Waals surface area contributed by atoms with E-state index in [0.29, 0.717) is 13.1 Å². The van der Waals surface area contributed by atoms with E-state index in [-0.39, 0.29) is 0 Å². The van der Waals surface area contributed by atoms with Crippen molar-refractivity contribution in [2.75, 3.05) is 13.1 Å². The minimum absolute atomic E-state index is 0.406. The van der Waals surface area contributed by atoms with Crippen LogP contribution in [0.2, 0.25) is 0 Å². The summed E-state index contributed by atoms with van der Waals surface area (Å²) in [5, 5.41) is 2.89. The van der Waals surface area contributed by atoms with Gasteiger partial charge in [0.05, 0.1) is 12.4 Å². The predicted molar refractivity (Wildman–Crippen MR) is 43.6 cm³/mol. The first-order chi connectivity index (χ1) is 4.81. The van der Waals surface area contributed by atoms with Gasteiger partial charge in [-0.15, -0.1) is 12.8 Å². The first kappa shape index (κ1) is 8.59. The lowest BCUT2D eigenvalue weighted by molar-refractivity contribution is 1.04. The molecule has 0 atom stereocenters. The van der Waals surface area contributed by atoms with Gasteiger partial charge in [-0.2, -0.15) is 0 Å². The maximum Gasteiger partial charge on any atom is 0.101 e. The molecule has 0 bridgehead atoms. The summed E-state index contributed by atoms with van der Waals surface area (Å²) in [5.41, 5.74) is 0. The van der Waals surface area contributed by atoms with Gasteiger partial charge in [-0.05, 0) is 6.92 Å². The van der Waals surface area contributed by atoms with E-state index < -0.39 is 0 Å². The van der Waals surface area contributed by atoms with Crippen molar-refractivity contribution < 1.29 is 0 Å². The number of nitrogens with zero attached hydrogens (tertiary/aromatic N) is 1. The molecular formula is C8H10N2. The highest BCUT2D eigenvalue weighted by molar-refractivity contribution is 5.79. The third-order valence-corrected chi connectivity index (χ3v) is 0.854. The van der Waals surface area contributed by atoms with Crippen molar-refractivity contribution in [3.8, 4) is 24.7 Å². The van der Waals surface area contributed by atoms with Crippen LogP contribution in [-0.2, 0) is 0 Å². The SMILES string of the molecule is C#CCN=C(C)NCC#C. The molecule has 0 saturated heterocycles. The van der Waals surface area contributed by atoms with Crippen molar-refractivity contribution >= 4 is 5.84 Å². The Morgan fingerprint density at radius 3 is 2.70 bits per heavy atom. The Labute approximate surface area is 61.7 Å². The minimum Gasteiger partial charge on any atom is -0.363 e. The molecule has 0 aliphatic carbocycles. The monoisotopic (exact) mass is 134 g/mol. The van der Waals surface area contributed by atoms with Crippen LogP contribution < -0.4 is 5.32 Å². The van der Waals surface area contributed by atoms with E-state index in [2.05, 4.69) is 22.2 Å². The zero-order valence-corrected chi connectivity index (χ0v) is 6.02. The molecule has 0 heterocycles. The maximum atomic E-state index is 5.00. The fraction of sp³-hybridized carbons (Fsp3) is 0.375. The van der Waals surface area contributed by atoms with E-state index in [4.69, 9.17) is 12.8 Å². The zero-order chi connectivity index (χ0) is 7.82. The maximum absolute atomic E-state index is 5.00. The van der Waals surface area contributed by atoms with E-state index in [1.54, 1.807) is 0 Å². The normalized spacial score (nSPS) is 9.70. The summed E-state index contributed by atoms with van der Waals surface area (Å²) in [4.78, 5) is 3.95. The molecule has 2 heteroatoms. The van der Waals surface area contributed by atoms with Crippen LogP contribution in [0.5, 0.6) is 0 Å². The molecule has 0 fully saturated rings. The number of amidine groups is 1. The molecule has 0 rings (SSSR count). The molecule has 0 aliphatic heterocycles. The van der Waals surface area contributed by atoms with Crippen molar-refractivity contribution in [3.63, 3.8) is 0 Å². The summed E-state index contributed by atoms with van der Waals surface area (Å²) in [6, 6.07) is 0. The van der Waals surface area contributed by atoms with Crippen LogP contribution in [0.3, 0.4) is 0 Å². The standard InChI is InChI=1S/C8H10N2/c1-4-6-9-8(3)10-7-5-2/h1-2H,6-7H2,3H3,(H,9,10). The highest BCUT2D eigenvalue weighted by atomic mass is 15.0. The molecule has 0 saturated carbocycles. The van der Waals surface area contributed by atoms with E-state index in [1.165, 1.54) is 0 Å². The highest BCUT2D eigenvalue weighted by Gasteiger charge is 1.82. The van der Waals surface area contributed by atoms with Gasteiger partial charge in [0.15, 0.2) is 0 Å². The number of hydrogen-bond acceptors (Lipinski definition) is 1. The molecule has 0 aromatic carbocycles. The molecule has 0 aromatic rings. The second-order valence-corrected chi connectivity index (χ2v) is 1.66. The smallest absolute Gasteiger partial charge is 0.101 e. The number of nitrogens with one attached hydrogen (secondary N) is 1. The Kier molecular flexibility index (Phi) is 4.91. The van der Waals surface area contributed by atoms with Crippen molar-refractivity contribution in [1.82, 2.24) is 5.32 Å². The summed E-state index contributed by atoms with van der Waals surface area (Å²) >= 11 is 0. The summed E-state index contributed by atoms with van der Waals surface area (Å²) < 4.78 is 0. The molecule has 1 N–H and O–H groups in total. The Bertz CT molecular complexity index is 190. The number of aliphatic imine (C=N–C) groups is 1. The first-order valence-electron chi connectivity index (χ1n) is 2.93. The van der Waals surface area contributed by atoms with Gasteiger partial charge >= 0.3 is 0 Å². The van der Waals surface area contributed by atoms with Crippen molar-refractivity contribution in [2.24, 2.45) is 4.99 Å². The first-order valence-corrected chi connectivity index (χ1v) is 2.93. The van der Waals surface area contributed by atoms with Crippen LogP contribution in [-0.4, -0.2) is 18.9 Å². The van der Waals surface area contributed by atoms with Gasteiger partial charge in [0, 0.05) is 0 Å². The molecule has 52 valence electrons. The van der Waals surface area contributed by atoms with Gasteiger partial charge in [-0.1, -0.05) is 11.8 Å². The number of hydrogen-bond donors (Lipinski definition) is 1. The van der Waals surface area contributed by atoms with Gasteiger partial charge in [0.2, 0.25) is 0 Å². The fourth-order valence-corrected chi connectivity index (χ4v) is 0.399. The molecule has 0 aliphatic rings. The third-order valence-electron chi connectivity index (χ3n) is 0.854. The second-order valence-electron chi connectivity index (χ2n) is 1.66. The zero-order valence-electron chi connectivity index (χ0n) is 6.02. The van der Waals surface area contributed by atoms with E-state index in [9.17, 15) is 0 Å². The van der Waals surface area contributed by atoms with E-state index in [1.807, 2.05) is 6.92 Å². The van der Waals surface area contributed by atoms with Crippen molar-refractivity contribution in [1.29, 1.82) is 0 Å². The highest BCUT2D eigenvalue weighted by Crippen LogP contribution is 1.70. The Morgan fingerprint density at radius 1 is 1.50 bits per heavy atom. The largest absolute Gasteiger partial charge is 0.363 e. The molecule has 0 radical (unpaired) electrons. The lowest BCUT2D eigenvalue weighted by Crippen LogP contribution is -2.20. The van der Waals surface area contributed by atoms with Crippen LogP contribution in [0, 0.1) is 24.7 Å². The average molecular weight is 134 g/mol. The molecule has 0 spiro atoms. The molecule has 0 aromatic heterocycles. The van der Waals surface area contributed by atoms with Crippen molar-refractivity contribution in [3.05, 3.63) is 0 Å². The number of rotatable bonds is 2. The lowest BCUT2D eigenvalue weighted by atomic mass is 10.5. The Morgan fingerprint density at radius 2 is 2.20 bits per heavy atom. The molecule has 2 nitrogen and oxygen atoms in total. The average Bonchev–Trinajstić information content (AvgIpc) is 1.97. The molecule has 0 unspecified atom stereocenters. The van der Waals surface area contributed by atoms with Gasteiger partial charge in [-0.3, -0.25) is 4.99 Å². The minimum atomic E-state index is 0.406. The Balaban J connectivity index is 3.54. The van der Waals surface area contributed by atoms with Crippen LogP contribution in [0.25, 0.3) is 0 Å². The third kappa shape index (κ3) is 4.74. The second kappa shape index (κ2) is 5.72. The summed E-state index contributed by atoms with van der Waals surface area (Å²) in [6.45, 7) is 2.73. The van der Waals surface area contributed by atoms with E-state index >= 15 is 0 Å². The summed E-state index contributed by atoms with van der Waals surface area (Å²) in [6.07, 6.45) is 9.98. The Hall–Kier alpha value is -1.41. The molecular weight excluding hydrogens is 124 g/mol. The molecule has 0 amide bonds.